The Labute approximate surface area is 347 Å². The predicted octanol–water partition coefficient (Wildman–Crippen LogP) is 5.96. The van der Waals surface area contributed by atoms with Crippen LogP contribution in [0.25, 0.3) is 67.9 Å². The van der Waals surface area contributed by atoms with Crippen molar-refractivity contribution in [3.8, 4) is 45.5 Å². The first-order valence-corrected chi connectivity index (χ1v) is 20.7. The van der Waals surface area contributed by atoms with Gasteiger partial charge >= 0.3 is 0 Å². The van der Waals surface area contributed by atoms with Crippen LogP contribution in [0.2, 0.25) is 0 Å². The molecule has 0 amide bonds. The van der Waals surface area contributed by atoms with Crippen molar-refractivity contribution in [3.63, 3.8) is 0 Å². The number of anilines is 2. The first kappa shape index (κ1) is 37.7. The number of nitrogen functional groups attached to an aromatic ring is 2. The van der Waals surface area contributed by atoms with Crippen molar-refractivity contribution in [3.05, 3.63) is 121 Å². The fourth-order valence-electron chi connectivity index (χ4n) is 8.52. The molecule has 0 aliphatic carbocycles. The van der Waals surface area contributed by atoms with E-state index in [1.54, 1.807) is 12.4 Å². The molecule has 8 heterocycles. The fourth-order valence-corrected chi connectivity index (χ4v) is 8.52. The maximum Gasteiger partial charge on any atom is 0.179 e. The summed E-state index contributed by atoms with van der Waals surface area (Å²) >= 11 is 0. The normalized spacial score (nSPS) is 16.0. The van der Waals surface area contributed by atoms with E-state index in [4.69, 9.17) is 42.9 Å². The fraction of sp³-hybridized carbons (Fsp3) is 0.261. The van der Waals surface area contributed by atoms with Gasteiger partial charge in [0.2, 0.25) is 0 Å². The highest BCUT2D eigenvalue weighted by atomic mass is 15.2. The third-order valence-corrected chi connectivity index (χ3v) is 11.9. The molecule has 10 rings (SSSR count). The summed E-state index contributed by atoms with van der Waals surface area (Å²) in [5.74, 6) is 2.10. The highest BCUT2D eigenvalue weighted by Gasteiger charge is 2.23. The zero-order valence-electron chi connectivity index (χ0n) is 33.4. The van der Waals surface area contributed by atoms with E-state index < -0.39 is 0 Å². The van der Waals surface area contributed by atoms with E-state index in [-0.39, 0.29) is 0 Å². The molecule has 0 saturated carbocycles. The van der Waals surface area contributed by atoms with Crippen molar-refractivity contribution < 1.29 is 0 Å². The summed E-state index contributed by atoms with van der Waals surface area (Å²) in [5.41, 5.74) is 35.2. The van der Waals surface area contributed by atoms with Gasteiger partial charge in [-0.05, 0) is 136 Å². The number of hydrogen-bond acceptors (Lipinski definition) is 12. The van der Waals surface area contributed by atoms with Crippen LogP contribution < -0.4 is 22.9 Å². The number of imidazole rings is 2. The number of nitrogens with zero attached hydrogens (tertiary/aromatic N) is 10. The number of pyridine rings is 4. The number of nitrogens with two attached hydrogens (primary N) is 4. The lowest BCUT2D eigenvalue weighted by Gasteiger charge is -2.30. The monoisotopic (exact) mass is 796 g/mol. The van der Waals surface area contributed by atoms with Gasteiger partial charge in [0.1, 0.15) is 17.2 Å². The molecule has 2 aliphatic heterocycles. The van der Waals surface area contributed by atoms with Gasteiger partial charge in [0.15, 0.2) is 22.9 Å². The molecule has 60 heavy (non-hydrogen) atoms. The average Bonchev–Trinajstić information content (AvgIpc) is 3.84. The Kier molecular flexibility index (Phi) is 9.97. The van der Waals surface area contributed by atoms with Crippen molar-refractivity contribution in [2.24, 2.45) is 11.5 Å². The van der Waals surface area contributed by atoms with Crippen LogP contribution in [-0.2, 0) is 13.1 Å². The zero-order chi connectivity index (χ0) is 40.7. The van der Waals surface area contributed by atoms with Crippen LogP contribution in [0.3, 0.4) is 0 Å². The number of benzene rings is 2. The van der Waals surface area contributed by atoms with E-state index in [0.29, 0.717) is 58.1 Å². The number of likely N-dealkylation sites (tertiary alicyclic amines) is 2. The molecular weight excluding hydrogens is 749 g/mol. The van der Waals surface area contributed by atoms with Gasteiger partial charge in [0.25, 0.3) is 0 Å². The van der Waals surface area contributed by atoms with Crippen molar-refractivity contribution in [1.29, 1.82) is 0 Å². The van der Waals surface area contributed by atoms with Crippen LogP contribution in [0.15, 0.2) is 109 Å². The molecular formula is C46H48N14. The molecule has 2 saturated heterocycles. The summed E-state index contributed by atoms with van der Waals surface area (Å²) in [6.45, 7) is 5.81. The Morgan fingerprint density at radius 2 is 1.02 bits per heavy atom. The van der Waals surface area contributed by atoms with Crippen LogP contribution in [0.4, 0.5) is 11.6 Å². The van der Waals surface area contributed by atoms with Gasteiger partial charge in [-0.25, -0.2) is 29.9 Å². The maximum atomic E-state index is 6.47. The Balaban J connectivity index is 1.03. The average molecular weight is 797 g/mol. The smallest absolute Gasteiger partial charge is 0.179 e. The minimum Gasteiger partial charge on any atom is -0.383 e. The van der Waals surface area contributed by atoms with Crippen molar-refractivity contribution in [1.82, 2.24) is 48.8 Å². The summed E-state index contributed by atoms with van der Waals surface area (Å²) in [4.78, 5) is 34.2. The molecule has 8 aromatic rings. The third-order valence-electron chi connectivity index (χ3n) is 11.9. The topological polar surface area (TPSA) is 198 Å². The quantitative estimate of drug-likeness (QED) is 0.134. The molecule has 0 bridgehead atoms. The molecule has 14 heteroatoms. The number of hydrogen-bond donors (Lipinski definition) is 4. The van der Waals surface area contributed by atoms with Gasteiger partial charge in [-0.2, -0.15) is 0 Å². The van der Waals surface area contributed by atoms with Gasteiger partial charge in [-0.1, -0.05) is 24.3 Å². The molecule has 2 fully saturated rings. The summed E-state index contributed by atoms with van der Waals surface area (Å²) in [5, 5.41) is 0. The Morgan fingerprint density at radius 1 is 0.517 bits per heavy atom. The van der Waals surface area contributed by atoms with E-state index in [1.165, 1.54) is 11.1 Å². The molecule has 0 radical (unpaired) electrons. The van der Waals surface area contributed by atoms with Crippen molar-refractivity contribution >= 4 is 34.0 Å². The van der Waals surface area contributed by atoms with E-state index in [0.717, 1.165) is 98.5 Å². The predicted molar refractivity (Wildman–Crippen MR) is 237 cm³/mol. The van der Waals surface area contributed by atoms with Gasteiger partial charge in [-0.15, -0.1) is 0 Å². The van der Waals surface area contributed by atoms with E-state index in [9.17, 15) is 0 Å². The van der Waals surface area contributed by atoms with Crippen LogP contribution in [0, 0.1) is 0 Å². The maximum absolute atomic E-state index is 6.47. The Hall–Kier alpha value is -6.58. The second-order valence-corrected chi connectivity index (χ2v) is 16.1. The summed E-state index contributed by atoms with van der Waals surface area (Å²) in [6, 6.07) is 33.4. The lowest BCUT2D eigenvalue weighted by atomic mass is 10.1. The lowest BCUT2D eigenvalue weighted by Crippen LogP contribution is -2.39. The molecule has 8 N–H and O–H groups in total. The number of piperidine rings is 2. The highest BCUT2D eigenvalue weighted by Crippen LogP contribution is 2.34. The minimum absolute atomic E-state index is 0.297. The van der Waals surface area contributed by atoms with Gasteiger partial charge in [0.05, 0.1) is 28.0 Å². The summed E-state index contributed by atoms with van der Waals surface area (Å²) in [6.07, 6.45) is 7.48. The van der Waals surface area contributed by atoms with Crippen LogP contribution >= 0.6 is 0 Å². The van der Waals surface area contributed by atoms with Gasteiger partial charge < -0.3 is 22.9 Å². The molecule has 6 aromatic heterocycles. The van der Waals surface area contributed by atoms with Crippen LogP contribution in [0.5, 0.6) is 0 Å². The second-order valence-electron chi connectivity index (χ2n) is 16.1. The van der Waals surface area contributed by atoms with Gasteiger partial charge in [-0.3, -0.25) is 18.9 Å². The number of rotatable bonds is 9. The first-order chi connectivity index (χ1) is 29.3. The van der Waals surface area contributed by atoms with Gasteiger partial charge in [0, 0.05) is 48.9 Å². The number of aromatic nitrogens is 8. The van der Waals surface area contributed by atoms with Crippen LogP contribution in [0.1, 0.15) is 36.8 Å². The van der Waals surface area contributed by atoms with Crippen LogP contribution in [-0.4, -0.2) is 87.1 Å². The standard InChI is InChI=1S/C46H48N14/c47-31-17-23-57(24-18-31)27-29-5-9-33(10-6-29)59-40-16-15-37(53-43(40)56-45(59)36-4-2-22-52-42(36)50)38-13-14-39-46(54-38)60(44(55-39)35-3-1-21-51-41(35)49)34-11-7-30(8-12-34)28-58-25-19-32(48)20-26-58/h1-16,21-22,31-32H,17-20,23-28,47-48H2,(H2,49,51)(H2,50,52). The first-order valence-electron chi connectivity index (χ1n) is 20.7. The zero-order valence-corrected chi connectivity index (χ0v) is 33.4. The molecule has 0 unspecified atom stereocenters. The molecule has 0 spiro atoms. The number of fused-ring (bicyclic) bond motifs is 2. The largest absolute Gasteiger partial charge is 0.383 e. The van der Waals surface area contributed by atoms with E-state index >= 15 is 0 Å². The molecule has 2 aliphatic rings. The van der Waals surface area contributed by atoms with E-state index in [1.807, 2.05) is 48.5 Å². The van der Waals surface area contributed by atoms with E-state index in [2.05, 4.69) is 77.4 Å². The minimum atomic E-state index is 0.297. The molecule has 302 valence electrons. The summed E-state index contributed by atoms with van der Waals surface area (Å²) < 4.78 is 4.15. The molecule has 2 aromatic carbocycles. The summed E-state index contributed by atoms with van der Waals surface area (Å²) in [7, 11) is 0. The third kappa shape index (κ3) is 7.34. The van der Waals surface area contributed by atoms with Crippen molar-refractivity contribution in [2.45, 2.75) is 50.9 Å². The Bertz CT molecular complexity index is 2790. The molecule has 14 nitrogen and oxygen atoms in total. The molecule has 0 atom stereocenters. The SMILES string of the molecule is Nc1ncccc1-c1nc2nc(-c3ccc4nc(-c5cccnc5N)n(-c5ccc(CN6CCC(N)CC6)cc5)c4n3)ccc2n1-c1ccc(CN2CCC(N)CC2)cc1. The Morgan fingerprint density at radius 3 is 1.57 bits per heavy atom. The second kappa shape index (κ2) is 15.9. The van der Waals surface area contributed by atoms with Crippen molar-refractivity contribution in [2.75, 3.05) is 37.6 Å². The highest BCUT2D eigenvalue weighted by molar-refractivity contribution is 5.87. The lowest BCUT2D eigenvalue weighted by molar-refractivity contribution is 0.205.